The molecule has 1 aromatic carbocycles. The maximum Gasteiger partial charge on any atom is 3.00 e. The number of imidazole rings is 1. The van der Waals surface area contributed by atoms with Gasteiger partial charge in [-0.1, -0.05) is 40.7 Å². The Morgan fingerprint density at radius 2 is 1.39 bits per heavy atom. The number of halogens is 3. The number of allylic oxidation sites excluding steroid dienone is 6. The van der Waals surface area contributed by atoms with E-state index in [1.807, 2.05) is 80.5 Å². The minimum Gasteiger partial charge on any atom is -0.756 e. The molecule has 27 nitrogen and oxygen atoms in total. The van der Waals surface area contributed by atoms with Crippen LogP contribution >= 0.6 is 19.4 Å². The SMILES string of the molecule is C/C1=C2N=C(/C=C3N=C(/C(C)=C4\[N-]C(C(CC(N)=O)C4(C)CCC(=O)NCC(C)OP(=O)([O-])OC4C(CO)OC(n5cnc6cc(C)c(C)cc65)C4O)C4(C)N=C1C(CCC(N)=O)C4(C)CC(N)=O)C(CCC(N)=O)C\3(C)C)C(CCC(N)=O)C/2(C)CC(N)=O.F[C-](F)Cl.[Co+3]. The molecule has 7 amide bonds. The fraction of sp³-hybridized carbons (Fsp3) is 0.619. The molecule has 8 rings (SSSR count). The number of aliphatic imine (C=N–C) groups is 3. The zero-order chi connectivity index (χ0) is 70.3. The van der Waals surface area contributed by atoms with E-state index in [0.29, 0.717) is 56.4 Å². The number of carbonyl (C=O) groups is 7. The molecule has 8 bridgehead atoms. The van der Waals surface area contributed by atoms with E-state index in [4.69, 9.17) is 68.5 Å². The Hall–Kier alpha value is -6.34. The third-order valence-corrected chi connectivity index (χ3v) is 21.6. The van der Waals surface area contributed by atoms with Crippen LogP contribution in [-0.2, 0) is 68.7 Å². The largest absolute Gasteiger partial charge is 3.00 e. The number of primary amides is 6. The number of aliphatic hydroxyl groups excluding tert-OH is 2. The quantitative estimate of drug-likeness (QED) is 0.0446. The molecule has 0 saturated carbocycles. The first-order chi connectivity index (χ1) is 43.6. The molecule has 32 heteroatoms. The van der Waals surface area contributed by atoms with Crippen LogP contribution < -0.4 is 44.6 Å². The fourth-order valence-electron chi connectivity index (χ4n) is 15.3. The second-order valence-corrected chi connectivity index (χ2v) is 28.8. The Labute approximate surface area is 565 Å². The molecule has 95 heavy (non-hydrogen) atoms. The summed E-state index contributed by atoms with van der Waals surface area (Å²) in [5, 5.41) is 30.1. The molecule has 6 aliphatic rings. The number of nitrogens with zero attached hydrogens (tertiary/aromatic N) is 6. The summed E-state index contributed by atoms with van der Waals surface area (Å²) in [6.45, 7) is 19.0. The van der Waals surface area contributed by atoms with E-state index in [0.717, 1.165) is 11.1 Å². The zero-order valence-electron chi connectivity index (χ0n) is 55.1. The first kappa shape index (κ1) is 77.7. The van der Waals surface area contributed by atoms with Crippen LogP contribution in [0.2, 0.25) is 0 Å². The molecule has 0 aliphatic carbocycles. The fourth-order valence-corrected chi connectivity index (χ4v) is 16.4. The molecule has 15 unspecified atom stereocenters. The van der Waals surface area contributed by atoms with Crippen molar-refractivity contribution in [2.45, 2.75) is 189 Å². The predicted molar refractivity (Wildman–Crippen MR) is 343 cm³/mol. The minimum absolute atomic E-state index is 0. The normalized spacial score (nSPS) is 32.8. The number of amides is 7. The number of carbonyl (C=O) groups excluding carboxylic acids is 7. The van der Waals surface area contributed by atoms with Crippen LogP contribution in [0.1, 0.15) is 150 Å². The number of nitrogens with one attached hydrogen (secondary N) is 1. The van der Waals surface area contributed by atoms with E-state index in [1.165, 1.54) is 17.8 Å². The number of aliphatic hydroxyl groups is 2. The summed E-state index contributed by atoms with van der Waals surface area (Å²) < 4.78 is 51.9. The van der Waals surface area contributed by atoms with Crippen LogP contribution in [0.15, 0.2) is 67.8 Å². The van der Waals surface area contributed by atoms with Crippen LogP contribution in [-0.4, -0.2) is 127 Å². The average molecular weight is 1410 g/mol. The van der Waals surface area contributed by atoms with Gasteiger partial charge in [0.15, 0.2) is 6.23 Å². The molecule has 15 atom stereocenters. The molecule has 15 N–H and O–H groups in total. The minimum atomic E-state index is -5.32. The van der Waals surface area contributed by atoms with E-state index >= 15 is 0 Å². The monoisotopic (exact) mass is 1410 g/mol. The van der Waals surface area contributed by atoms with Crippen molar-refractivity contribution in [3.63, 3.8) is 0 Å². The topological polar surface area (TPSA) is 465 Å². The number of rotatable bonds is 26. The number of hydrogen-bond acceptors (Lipinski definition) is 18. The smallest absolute Gasteiger partial charge is 0.756 e. The number of ether oxygens (including phenoxy) is 1. The first-order valence-electron chi connectivity index (χ1n) is 31.1. The summed E-state index contributed by atoms with van der Waals surface area (Å²) in [6, 6.07) is 2.65. The second-order valence-electron chi connectivity index (χ2n) is 27.2. The average Bonchev–Trinajstić information content (AvgIpc) is 1.53. The maximum absolute atomic E-state index is 14.4. The van der Waals surface area contributed by atoms with Crippen LogP contribution in [0.25, 0.3) is 16.4 Å². The number of nitrogens with two attached hydrogens (primary N) is 6. The van der Waals surface area contributed by atoms with Crippen LogP contribution in [0.3, 0.4) is 0 Å². The molecule has 1 aromatic heterocycles. The standard InChI is InChI=1S/C62H90N13O14P.CClF2.Co/c1-29-20-39-40(21-30(29)2)75(28-70-39)57-52(84)53(41(27-76)87-57)89-90(85,86)88-31(3)26-69-49(83)18-19-59(8)37(22-46(66)80)56-62(11)61(10,25-48(68)82)36(14-17-45(65)79)51(74-62)33(5)55-60(9,24-47(67)81)34(12-15-43(63)77)38(71-55)23-42-58(6,7)35(13-16-44(64)78)50(72-42)32(4)54(59)73-56;2-1(3)4;/h20-21,23,28,31,34-37,41,52-53,56-57,76,84H,12-19,22,24-27H2,1-11H3,(H15,63,64,65,66,67,68,69,71,72,73,74,77,78,79,80,81,82,83,85,86);;/q;-1;+3/p-2. The number of benzene rings is 1. The molecule has 2 saturated heterocycles. The molecular weight excluding hydrogens is 1330 g/mol. The van der Waals surface area contributed by atoms with Gasteiger partial charge in [-0.15, -0.1) is 0 Å². The Kier molecular flexibility index (Phi) is 24.3. The van der Waals surface area contributed by atoms with Crippen molar-refractivity contribution < 1.29 is 92.6 Å². The van der Waals surface area contributed by atoms with Gasteiger partial charge in [-0.25, -0.2) is 4.98 Å². The maximum atomic E-state index is 14.4. The summed E-state index contributed by atoms with van der Waals surface area (Å²) in [7, 11) is -5.32. The number of phosphoric acid groups is 1. The van der Waals surface area contributed by atoms with Crippen molar-refractivity contribution in [2.75, 3.05) is 13.2 Å². The van der Waals surface area contributed by atoms with Gasteiger partial charge in [-0.2, -0.15) is 5.70 Å². The molecule has 2 aromatic rings. The van der Waals surface area contributed by atoms with Gasteiger partial charge in [-0.3, -0.25) is 64.7 Å². The van der Waals surface area contributed by atoms with Crippen molar-refractivity contribution >= 4 is 88.9 Å². The van der Waals surface area contributed by atoms with Crippen LogP contribution in [0, 0.1) is 65.1 Å². The molecule has 2 fully saturated rings. The van der Waals surface area contributed by atoms with Gasteiger partial charge >= 0.3 is 16.8 Å². The predicted octanol–water partition coefficient (Wildman–Crippen LogP) is 4.92. The number of phosphoric ester groups is 1. The molecule has 7 heterocycles. The van der Waals surface area contributed by atoms with Gasteiger partial charge in [-0.05, 0) is 119 Å². The van der Waals surface area contributed by atoms with Gasteiger partial charge in [0.1, 0.15) is 18.3 Å². The van der Waals surface area contributed by atoms with E-state index in [1.54, 1.807) is 6.92 Å². The summed E-state index contributed by atoms with van der Waals surface area (Å²) in [6.07, 6.45) is -4.79. The van der Waals surface area contributed by atoms with Crippen molar-refractivity contribution in [3.05, 3.63) is 75.1 Å². The number of hydrogen-bond donors (Lipinski definition) is 9. The number of aromatic nitrogens is 2. The van der Waals surface area contributed by atoms with Gasteiger partial charge in [0.2, 0.25) is 41.4 Å². The summed E-state index contributed by atoms with van der Waals surface area (Å²) in [5.74, 6) is -9.52. The van der Waals surface area contributed by atoms with Crippen molar-refractivity contribution in [1.29, 1.82) is 0 Å². The molecule has 0 radical (unpaired) electrons. The second kappa shape index (κ2) is 29.8. The number of fused-ring (bicyclic) bond motifs is 7. The van der Waals surface area contributed by atoms with Crippen molar-refractivity contribution in [2.24, 2.45) is 94.7 Å². The Balaban J connectivity index is 0.00000278. The molecule has 0 spiro atoms. The summed E-state index contributed by atoms with van der Waals surface area (Å²) in [4.78, 5) is 128. The number of aryl methyl sites for hydroxylation is 2. The van der Waals surface area contributed by atoms with Crippen molar-refractivity contribution in [1.82, 2.24) is 14.9 Å². The van der Waals surface area contributed by atoms with E-state index < -0.39 is 149 Å². The van der Waals surface area contributed by atoms with Gasteiger partial charge in [0.05, 0.1) is 47.2 Å². The molecular formula is C63H88ClCoF2N13O14P. The molecule has 524 valence electrons. The Morgan fingerprint density at radius 3 is 1.95 bits per heavy atom. The zero-order valence-corrected chi connectivity index (χ0v) is 57.8. The van der Waals surface area contributed by atoms with Gasteiger partial charge in [0, 0.05) is 108 Å². The third kappa shape index (κ3) is 16.0. The van der Waals surface area contributed by atoms with Crippen LogP contribution in [0.4, 0.5) is 8.78 Å². The van der Waals surface area contributed by atoms with Crippen molar-refractivity contribution in [3.8, 4) is 0 Å². The third-order valence-electron chi connectivity index (χ3n) is 20.5. The summed E-state index contributed by atoms with van der Waals surface area (Å²) in [5.41, 5.74) is 36.7. The van der Waals surface area contributed by atoms with E-state index in [9.17, 15) is 62.0 Å². The Bertz CT molecular complexity index is 3620. The summed E-state index contributed by atoms with van der Waals surface area (Å²) >= 11 is 3.86. The van der Waals surface area contributed by atoms with E-state index in [2.05, 4.69) is 21.9 Å². The van der Waals surface area contributed by atoms with Crippen LogP contribution in [0.5, 0.6) is 0 Å². The molecule has 6 aliphatic heterocycles. The van der Waals surface area contributed by atoms with E-state index in [-0.39, 0.29) is 94.0 Å². The van der Waals surface area contributed by atoms with Gasteiger partial charge < -0.3 is 87.3 Å². The first-order valence-corrected chi connectivity index (χ1v) is 32.9. The van der Waals surface area contributed by atoms with Gasteiger partial charge in [0.25, 0.3) is 7.82 Å². The Morgan fingerprint density at radius 1 is 0.821 bits per heavy atom.